The second-order valence-corrected chi connectivity index (χ2v) is 8.12. The SMILES string of the molecule is Cc1cccc(CN2CC3(CCC2=O)CCN(C(=O)C2CC2)CC3)n1. The summed E-state index contributed by atoms with van der Waals surface area (Å²) in [5.74, 6) is 0.916. The summed E-state index contributed by atoms with van der Waals surface area (Å²) >= 11 is 0. The standard InChI is InChI=1S/C20H27N3O2/c1-15-3-2-4-17(21-15)13-23-14-20(8-7-18(23)24)9-11-22(12-10-20)19(25)16-5-6-16/h2-4,16H,5-14H2,1H3. The van der Waals surface area contributed by atoms with Crippen LogP contribution in [-0.4, -0.2) is 46.2 Å². The molecule has 2 amide bonds. The third-order valence-electron chi connectivity index (χ3n) is 6.11. The number of carbonyl (C=O) groups excluding carboxylic acids is 2. The van der Waals surface area contributed by atoms with Crippen LogP contribution in [0.25, 0.3) is 0 Å². The van der Waals surface area contributed by atoms with Gasteiger partial charge in [-0.3, -0.25) is 14.6 Å². The fourth-order valence-corrected chi connectivity index (χ4v) is 4.33. The lowest BCUT2D eigenvalue weighted by molar-refractivity contribution is -0.143. The second kappa shape index (κ2) is 6.43. The van der Waals surface area contributed by atoms with Crippen molar-refractivity contribution in [2.24, 2.45) is 11.3 Å². The predicted molar refractivity (Wildman–Crippen MR) is 94.6 cm³/mol. The van der Waals surface area contributed by atoms with Crippen molar-refractivity contribution in [1.82, 2.24) is 14.8 Å². The van der Waals surface area contributed by atoms with Crippen molar-refractivity contribution in [3.63, 3.8) is 0 Å². The summed E-state index contributed by atoms with van der Waals surface area (Å²) in [6.45, 7) is 5.12. The molecule has 1 spiro atoms. The predicted octanol–water partition coefficient (Wildman–Crippen LogP) is 2.53. The molecule has 2 saturated heterocycles. The molecular formula is C20H27N3O2. The average molecular weight is 341 g/mol. The van der Waals surface area contributed by atoms with Crippen molar-refractivity contribution in [3.05, 3.63) is 29.6 Å². The number of nitrogens with zero attached hydrogens (tertiary/aromatic N) is 3. The highest BCUT2D eigenvalue weighted by molar-refractivity contribution is 5.81. The molecule has 0 N–H and O–H groups in total. The third-order valence-corrected chi connectivity index (χ3v) is 6.11. The van der Waals surface area contributed by atoms with Crippen LogP contribution in [0.3, 0.4) is 0 Å². The topological polar surface area (TPSA) is 53.5 Å². The van der Waals surface area contributed by atoms with Crippen molar-refractivity contribution >= 4 is 11.8 Å². The van der Waals surface area contributed by atoms with E-state index in [2.05, 4.69) is 9.88 Å². The molecule has 0 bridgehead atoms. The molecule has 25 heavy (non-hydrogen) atoms. The summed E-state index contributed by atoms with van der Waals surface area (Å²) in [6.07, 6.45) is 5.79. The molecular weight excluding hydrogens is 314 g/mol. The zero-order valence-electron chi connectivity index (χ0n) is 15.0. The number of pyridine rings is 1. The zero-order chi connectivity index (χ0) is 17.4. The summed E-state index contributed by atoms with van der Waals surface area (Å²) in [7, 11) is 0. The average Bonchev–Trinajstić information content (AvgIpc) is 3.44. The number of aryl methyl sites for hydroxylation is 1. The van der Waals surface area contributed by atoms with E-state index in [1.807, 2.05) is 30.0 Å². The van der Waals surface area contributed by atoms with Gasteiger partial charge >= 0.3 is 0 Å². The van der Waals surface area contributed by atoms with Crippen molar-refractivity contribution in [3.8, 4) is 0 Å². The highest BCUT2D eigenvalue weighted by atomic mass is 16.2. The minimum atomic E-state index is 0.193. The molecule has 1 aliphatic carbocycles. The first-order valence-corrected chi connectivity index (χ1v) is 9.54. The van der Waals surface area contributed by atoms with E-state index in [9.17, 15) is 9.59 Å². The molecule has 3 aliphatic rings. The van der Waals surface area contributed by atoms with Crippen LogP contribution in [0.2, 0.25) is 0 Å². The van der Waals surface area contributed by atoms with Crippen LogP contribution in [0.4, 0.5) is 0 Å². The summed E-state index contributed by atoms with van der Waals surface area (Å²) in [6, 6.07) is 5.98. The van der Waals surface area contributed by atoms with Crippen molar-refractivity contribution < 1.29 is 9.59 Å². The number of hydrogen-bond donors (Lipinski definition) is 0. The molecule has 0 unspecified atom stereocenters. The van der Waals surface area contributed by atoms with E-state index in [0.29, 0.717) is 24.8 Å². The van der Waals surface area contributed by atoms with Gasteiger partial charge in [-0.15, -0.1) is 0 Å². The molecule has 134 valence electrons. The second-order valence-electron chi connectivity index (χ2n) is 8.12. The lowest BCUT2D eigenvalue weighted by Crippen LogP contribution is -2.52. The molecule has 5 nitrogen and oxygen atoms in total. The molecule has 5 heteroatoms. The van der Waals surface area contributed by atoms with E-state index in [-0.39, 0.29) is 11.3 Å². The Labute approximate surface area is 149 Å². The van der Waals surface area contributed by atoms with E-state index in [1.54, 1.807) is 0 Å². The summed E-state index contributed by atoms with van der Waals surface area (Å²) < 4.78 is 0. The number of hydrogen-bond acceptors (Lipinski definition) is 3. The molecule has 1 aromatic heterocycles. The minimum Gasteiger partial charge on any atom is -0.342 e. The monoisotopic (exact) mass is 341 g/mol. The molecule has 1 aromatic rings. The number of likely N-dealkylation sites (tertiary alicyclic amines) is 2. The van der Waals surface area contributed by atoms with Crippen LogP contribution < -0.4 is 0 Å². The van der Waals surface area contributed by atoms with Crippen molar-refractivity contribution in [2.75, 3.05) is 19.6 Å². The van der Waals surface area contributed by atoms with E-state index in [0.717, 1.165) is 63.1 Å². The van der Waals surface area contributed by atoms with E-state index in [4.69, 9.17) is 0 Å². The Balaban J connectivity index is 1.40. The lowest BCUT2D eigenvalue weighted by Gasteiger charge is -2.47. The van der Waals surface area contributed by atoms with Crippen LogP contribution >= 0.6 is 0 Å². The third kappa shape index (κ3) is 3.55. The first kappa shape index (κ1) is 16.6. The summed E-state index contributed by atoms with van der Waals surface area (Å²) in [5.41, 5.74) is 2.15. The Bertz CT molecular complexity index is 675. The van der Waals surface area contributed by atoms with Gasteiger partial charge in [0.1, 0.15) is 0 Å². The molecule has 2 aliphatic heterocycles. The number of carbonyl (C=O) groups is 2. The lowest BCUT2D eigenvalue weighted by atomic mass is 9.72. The van der Waals surface area contributed by atoms with Gasteiger partial charge in [-0.05, 0) is 56.6 Å². The molecule has 4 rings (SSSR count). The summed E-state index contributed by atoms with van der Waals surface area (Å²) in [4.78, 5) is 33.3. The van der Waals surface area contributed by atoms with Gasteiger partial charge in [0.05, 0.1) is 12.2 Å². The molecule has 0 radical (unpaired) electrons. The Morgan fingerprint density at radius 1 is 1.24 bits per heavy atom. The highest BCUT2D eigenvalue weighted by Crippen LogP contribution is 2.42. The van der Waals surface area contributed by atoms with E-state index in [1.165, 1.54) is 0 Å². The maximum atomic E-state index is 12.4. The van der Waals surface area contributed by atoms with Gasteiger partial charge in [-0.1, -0.05) is 6.07 Å². The molecule has 0 atom stereocenters. The Kier molecular flexibility index (Phi) is 4.26. The van der Waals surface area contributed by atoms with Crippen LogP contribution in [0.1, 0.15) is 49.9 Å². The van der Waals surface area contributed by atoms with Crippen LogP contribution in [0.15, 0.2) is 18.2 Å². The maximum Gasteiger partial charge on any atom is 0.225 e. The van der Waals surface area contributed by atoms with Gasteiger partial charge < -0.3 is 9.80 Å². The smallest absolute Gasteiger partial charge is 0.225 e. The number of rotatable bonds is 3. The highest BCUT2D eigenvalue weighted by Gasteiger charge is 2.43. The largest absolute Gasteiger partial charge is 0.342 e. The number of amides is 2. The quantitative estimate of drug-likeness (QED) is 0.849. The van der Waals surface area contributed by atoms with Gasteiger partial charge in [0.15, 0.2) is 0 Å². The number of piperidine rings is 2. The van der Waals surface area contributed by atoms with Crippen molar-refractivity contribution in [1.29, 1.82) is 0 Å². The maximum absolute atomic E-state index is 12.4. The fourth-order valence-electron chi connectivity index (χ4n) is 4.33. The zero-order valence-corrected chi connectivity index (χ0v) is 15.0. The van der Waals surface area contributed by atoms with Gasteiger partial charge in [0, 0.05) is 37.7 Å². The van der Waals surface area contributed by atoms with Gasteiger partial charge in [-0.25, -0.2) is 0 Å². The van der Waals surface area contributed by atoms with E-state index < -0.39 is 0 Å². The molecule has 0 aromatic carbocycles. The molecule has 1 saturated carbocycles. The Morgan fingerprint density at radius 2 is 2.00 bits per heavy atom. The van der Waals surface area contributed by atoms with Gasteiger partial charge in [-0.2, -0.15) is 0 Å². The van der Waals surface area contributed by atoms with Crippen molar-refractivity contribution in [2.45, 2.75) is 52.0 Å². The summed E-state index contributed by atoms with van der Waals surface area (Å²) in [5, 5.41) is 0. The first-order chi connectivity index (χ1) is 12.0. The fraction of sp³-hybridized carbons (Fsp3) is 0.650. The Morgan fingerprint density at radius 3 is 2.68 bits per heavy atom. The normalized spacial score (nSPS) is 23.2. The first-order valence-electron chi connectivity index (χ1n) is 9.54. The molecule has 3 fully saturated rings. The van der Waals surface area contributed by atoms with Crippen LogP contribution in [0, 0.1) is 18.3 Å². The van der Waals surface area contributed by atoms with Gasteiger partial charge in [0.2, 0.25) is 11.8 Å². The molecule has 3 heterocycles. The van der Waals surface area contributed by atoms with Gasteiger partial charge in [0.25, 0.3) is 0 Å². The minimum absolute atomic E-state index is 0.193. The number of aromatic nitrogens is 1. The Hall–Kier alpha value is -1.91. The van der Waals surface area contributed by atoms with Crippen LogP contribution in [-0.2, 0) is 16.1 Å². The van der Waals surface area contributed by atoms with Crippen LogP contribution in [0.5, 0.6) is 0 Å². The van der Waals surface area contributed by atoms with E-state index >= 15 is 0 Å².